The van der Waals surface area contributed by atoms with E-state index >= 15 is 0 Å². The summed E-state index contributed by atoms with van der Waals surface area (Å²) in [7, 11) is 0. The van der Waals surface area contributed by atoms with Crippen LogP contribution in [0.5, 0.6) is 0 Å². The monoisotopic (exact) mass is 444 g/mol. The Morgan fingerprint density at radius 2 is 1.66 bits per heavy atom. The van der Waals surface area contributed by atoms with Gasteiger partial charge in [-0.3, -0.25) is 19.5 Å². The third kappa shape index (κ3) is 5.30. The van der Waals surface area contributed by atoms with E-state index in [0.29, 0.717) is 45.7 Å². The van der Waals surface area contributed by atoms with Crippen molar-refractivity contribution < 1.29 is 18.4 Å². The lowest BCUT2D eigenvalue weighted by atomic mass is 10.0. The number of aromatic nitrogens is 1. The van der Waals surface area contributed by atoms with E-state index in [1.807, 2.05) is 25.1 Å². The van der Waals surface area contributed by atoms with Crippen molar-refractivity contribution in [2.45, 2.75) is 33.7 Å². The molecule has 1 fully saturated rings. The van der Waals surface area contributed by atoms with E-state index in [-0.39, 0.29) is 0 Å². The number of rotatable bonds is 6. The van der Waals surface area contributed by atoms with Crippen LogP contribution in [0.2, 0.25) is 0 Å². The fraction of sp³-hybridized carbons (Fsp3) is 0.458. The van der Waals surface area contributed by atoms with Gasteiger partial charge in [0.2, 0.25) is 0 Å². The summed E-state index contributed by atoms with van der Waals surface area (Å²) in [5.74, 6) is -3.07. The van der Waals surface area contributed by atoms with Gasteiger partial charge in [-0.25, -0.2) is 8.78 Å². The van der Waals surface area contributed by atoms with Gasteiger partial charge in [0.1, 0.15) is 11.6 Å². The first-order valence-electron chi connectivity index (χ1n) is 11.1. The van der Waals surface area contributed by atoms with Crippen LogP contribution in [0.25, 0.3) is 0 Å². The number of carbonyl (C=O) groups excluding carboxylic acids is 2. The standard InChI is InChI=1S/C24H30F2N4O2/c1-4-29(5-2)23(31)21-19(25)10-11-20(26)22(21)24(32)30-13-7-12-28(14-15-30)16-18-9-6-8-17(3)27-18/h6,8-11H,4-5,7,12-16H2,1-3H3. The van der Waals surface area contributed by atoms with Gasteiger partial charge in [-0.15, -0.1) is 0 Å². The Kier molecular flexibility index (Phi) is 7.90. The van der Waals surface area contributed by atoms with Crippen LogP contribution in [0.3, 0.4) is 0 Å². The number of amides is 2. The minimum atomic E-state index is -0.881. The molecule has 0 N–H and O–H groups in total. The second kappa shape index (κ2) is 10.6. The number of nitrogens with zero attached hydrogens (tertiary/aromatic N) is 4. The van der Waals surface area contributed by atoms with Gasteiger partial charge in [-0.2, -0.15) is 0 Å². The molecule has 1 saturated heterocycles. The molecule has 32 heavy (non-hydrogen) atoms. The Hall–Kier alpha value is -2.87. The number of hydrogen-bond acceptors (Lipinski definition) is 4. The van der Waals surface area contributed by atoms with Crippen LogP contribution in [0, 0.1) is 18.6 Å². The molecule has 172 valence electrons. The molecule has 1 aliphatic rings. The highest BCUT2D eigenvalue weighted by Gasteiger charge is 2.31. The van der Waals surface area contributed by atoms with E-state index in [1.165, 1.54) is 9.80 Å². The van der Waals surface area contributed by atoms with Gasteiger partial charge in [0, 0.05) is 51.5 Å². The van der Waals surface area contributed by atoms with Crippen molar-refractivity contribution >= 4 is 11.8 Å². The van der Waals surface area contributed by atoms with E-state index in [1.54, 1.807) is 13.8 Å². The van der Waals surface area contributed by atoms with Crippen LogP contribution in [0.4, 0.5) is 8.78 Å². The Bertz CT molecular complexity index is 978. The van der Waals surface area contributed by atoms with E-state index in [0.717, 1.165) is 30.1 Å². The summed E-state index contributed by atoms with van der Waals surface area (Å²) in [6.07, 6.45) is 0.688. The summed E-state index contributed by atoms with van der Waals surface area (Å²) < 4.78 is 29.4. The fourth-order valence-corrected chi connectivity index (χ4v) is 4.05. The molecular formula is C24H30F2N4O2. The average Bonchev–Trinajstić information content (AvgIpc) is 3.01. The number of pyridine rings is 1. The fourth-order valence-electron chi connectivity index (χ4n) is 4.05. The molecule has 1 aromatic heterocycles. The van der Waals surface area contributed by atoms with Gasteiger partial charge in [0.05, 0.1) is 16.8 Å². The first kappa shape index (κ1) is 23.8. The molecule has 0 atom stereocenters. The van der Waals surface area contributed by atoms with E-state index < -0.39 is 34.6 Å². The number of halogens is 2. The molecule has 0 spiro atoms. The molecule has 0 saturated carbocycles. The van der Waals surface area contributed by atoms with Crippen molar-refractivity contribution in [3.05, 3.63) is 64.5 Å². The van der Waals surface area contributed by atoms with Crippen LogP contribution >= 0.6 is 0 Å². The Morgan fingerprint density at radius 3 is 2.31 bits per heavy atom. The summed E-state index contributed by atoms with van der Waals surface area (Å²) >= 11 is 0. The first-order chi connectivity index (χ1) is 15.3. The largest absolute Gasteiger partial charge is 0.339 e. The molecule has 1 aliphatic heterocycles. The maximum absolute atomic E-state index is 14.8. The SMILES string of the molecule is CCN(CC)C(=O)c1c(F)ccc(F)c1C(=O)N1CCCN(Cc2cccc(C)n2)CC1. The predicted octanol–water partition coefficient (Wildman–Crippen LogP) is 3.50. The van der Waals surface area contributed by atoms with Crippen molar-refractivity contribution in [1.29, 1.82) is 0 Å². The van der Waals surface area contributed by atoms with Gasteiger partial charge in [0.15, 0.2) is 0 Å². The highest BCUT2D eigenvalue weighted by atomic mass is 19.1. The van der Waals surface area contributed by atoms with Crippen molar-refractivity contribution in [3.8, 4) is 0 Å². The second-order valence-corrected chi connectivity index (χ2v) is 7.95. The summed E-state index contributed by atoms with van der Waals surface area (Å²) in [6, 6.07) is 7.69. The average molecular weight is 445 g/mol. The summed E-state index contributed by atoms with van der Waals surface area (Å²) in [5.41, 5.74) is 0.939. The topological polar surface area (TPSA) is 56.8 Å². The zero-order chi connectivity index (χ0) is 23.3. The lowest BCUT2D eigenvalue weighted by molar-refractivity contribution is 0.0719. The second-order valence-electron chi connectivity index (χ2n) is 7.95. The van der Waals surface area contributed by atoms with Gasteiger partial charge < -0.3 is 9.80 Å². The third-order valence-electron chi connectivity index (χ3n) is 5.79. The third-order valence-corrected chi connectivity index (χ3v) is 5.79. The Morgan fingerprint density at radius 1 is 0.969 bits per heavy atom. The molecule has 0 unspecified atom stereocenters. The molecular weight excluding hydrogens is 414 g/mol. The van der Waals surface area contributed by atoms with Crippen molar-refractivity contribution in [2.75, 3.05) is 39.3 Å². The van der Waals surface area contributed by atoms with Crippen molar-refractivity contribution in [1.82, 2.24) is 19.7 Å². The molecule has 2 heterocycles. The molecule has 2 amide bonds. The minimum Gasteiger partial charge on any atom is -0.339 e. The smallest absolute Gasteiger partial charge is 0.257 e. The van der Waals surface area contributed by atoms with Crippen LogP contribution in [-0.2, 0) is 6.54 Å². The van der Waals surface area contributed by atoms with E-state index in [4.69, 9.17) is 0 Å². The molecule has 0 aliphatic carbocycles. The lowest BCUT2D eigenvalue weighted by Crippen LogP contribution is -2.38. The molecule has 0 radical (unpaired) electrons. The van der Waals surface area contributed by atoms with Gasteiger partial charge in [0.25, 0.3) is 11.8 Å². The summed E-state index contributed by atoms with van der Waals surface area (Å²) in [6.45, 7) is 8.90. The molecule has 0 bridgehead atoms. The van der Waals surface area contributed by atoms with Gasteiger partial charge in [-0.1, -0.05) is 6.07 Å². The first-order valence-corrected chi connectivity index (χ1v) is 11.1. The lowest BCUT2D eigenvalue weighted by Gasteiger charge is -2.25. The number of benzene rings is 1. The molecule has 3 rings (SSSR count). The van der Waals surface area contributed by atoms with E-state index in [2.05, 4.69) is 9.88 Å². The van der Waals surface area contributed by atoms with Crippen LogP contribution in [-0.4, -0.2) is 70.8 Å². The highest BCUT2D eigenvalue weighted by molar-refractivity contribution is 6.07. The number of aryl methyl sites for hydroxylation is 1. The zero-order valence-corrected chi connectivity index (χ0v) is 18.9. The van der Waals surface area contributed by atoms with E-state index in [9.17, 15) is 18.4 Å². The number of carbonyl (C=O) groups is 2. The van der Waals surface area contributed by atoms with Crippen molar-refractivity contribution in [3.63, 3.8) is 0 Å². The Labute approximate surface area is 187 Å². The van der Waals surface area contributed by atoms with Gasteiger partial charge in [-0.05, 0) is 51.5 Å². The minimum absolute atomic E-state index is 0.338. The van der Waals surface area contributed by atoms with Gasteiger partial charge >= 0.3 is 0 Å². The van der Waals surface area contributed by atoms with Crippen LogP contribution in [0.1, 0.15) is 52.4 Å². The molecule has 6 nitrogen and oxygen atoms in total. The molecule has 2 aromatic rings. The van der Waals surface area contributed by atoms with Crippen LogP contribution in [0.15, 0.2) is 30.3 Å². The maximum Gasteiger partial charge on any atom is 0.257 e. The number of hydrogen-bond donors (Lipinski definition) is 0. The normalized spacial score (nSPS) is 14.8. The maximum atomic E-state index is 14.8. The van der Waals surface area contributed by atoms with Crippen LogP contribution < -0.4 is 0 Å². The zero-order valence-electron chi connectivity index (χ0n) is 18.9. The highest BCUT2D eigenvalue weighted by Crippen LogP contribution is 2.22. The predicted molar refractivity (Wildman–Crippen MR) is 118 cm³/mol. The van der Waals surface area contributed by atoms with Crippen molar-refractivity contribution in [2.24, 2.45) is 0 Å². The molecule has 1 aromatic carbocycles. The molecule has 8 heteroatoms. The quantitative estimate of drug-likeness (QED) is 0.684. The Balaban J connectivity index is 1.80. The summed E-state index contributed by atoms with van der Waals surface area (Å²) in [5, 5.41) is 0. The summed E-state index contributed by atoms with van der Waals surface area (Å²) in [4.78, 5) is 35.8.